The number of hydrogen-bond donors (Lipinski definition) is 1. The van der Waals surface area contributed by atoms with Gasteiger partial charge in [-0.15, -0.1) is 0 Å². The quantitative estimate of drug-likeness (QED) is 0.788. The van der Waals surface area contributed by atoms with E-state index in [0.717, 1.165) is 22.2 Å². The highest BCUT2D eigenvalue weighted by Crippen LogP contribution is 2.24. The summed E-state index contributed by atoms with van der Waals surface area (Å²) in [5.74, 6) is -0.547. The molecule has 3 rings (SSSR count). The zero-order valence-corrected chi connectivity index (χ0v) is 12.6. The summed E-state index contributed by atoms with van der Waals surface area (Å²) in [4.78, 5) is 12.1. The molecule has 0 bridgehead atoms. The van der Waals surface area contributed by atoms with Crippen LogP contribution in [-0.2, 0) is 13.6 Å². The van der Waals surface area contributed by atoms with Crippen LogP contribution in [0.3, 0.4) is 0 Å². The number of carbonyl (C=O) groups excluding carboxylic acids is 1. The van der Waals surface area contributed by atoms with E-state index in [9.17, 15) is 9.18 Å². The van der Waals surface area contributed by atoms with Gasteiger partial charge in [-0.3, -0.25) is 4.79 Å². The van der Waals surface area contributed by atoms with E-state index in [1.54, 1.807) is 0 Å². The molecule has 1 amide bonds. The molecule has 0 fully saturated rings. The van der Waals surface area contributed by atoms with Gasteiger partial charge in [0.2, 0.25) is 0 Å². The zero-order chi connectivity index (χ0) is 15.7. The van der Waals surface area contributed by atoms with Gasteiger partial charge in [0, 0.05) is 35.8 Å². The van der Waals surface area contributed by atoms with E-state index < -0.39 is 0 Å². The van der Waals surface area contributed by atoms with Gasteiger partial charge in [-0.05, 0) is 42.8 Å². The van der Waals surface area contributed by atoms with Gasteiger partial charge in [-0.1, -0.05) is 18.2 Å². The molecule has 0 saturated carbocycles. The van der Waals surface area contributed by atoms with Gasteiger partial charge in [-0.25, -0.2) is 4.39 Å². The fourth-order valence-electron chi connectivity index (χ4n) is 2.69. The second-order valence-electron chi connectivity index (χ2n) is 5.33. The first-order chi connectivity index (χ1) is 10.6. The van der Waals surface area contributed by atoms with Gasteiger partial charge in [0.05, 0.1) is 0 Å². The van der Waals surface area contributed by atoms with Crippen molar-refractivity contribution in [3.05, 3.63) is 71.2 Å². The number of hydrogen-bond acceptors (Lipinski definition) is 1. The molecule has 1 aromatic heterocycles. The molecule has 0 saturated heterocycles. The molecule has 1 N–H and O–H groups in total. The Labute approximate surface area is 128 Å². The molecule has 0 radical (unpaired) electrons. The molecule has 0 aliphatic carbocycles. The van der Waals surface area contributed by atoms with Crippen molar-refractivity contribution in [2.45, 2.75) is 13.5 Å². The van der Waals surface area contributed by atoms with Crippen molar-refractivity contribution in [2.24, 2.45) is 7.05 Å². The number of aryl methyl sites for hydroxylation is 1. The average molecular weight is 296 g/mol. The number of para-hydroxylation sites is 1. The largest absolute Gasteiger partial charge is 0.348 e. The number of halogens is 1. The highest BCUT2D eigenvalue weighted by atomic mass is 19.1. The van der Waals surface area contributed by atoms with E-state index in [-0.39, 0.29) is 11.7 Å². The summed E-state index contributed by atoms with van der Waals surface area (Å²) in [5.41, 5.74) is 3.83. The van der Waals surface area contributed by atoms with Crippen LogP contribution in [0.1, 0.15) is 21.6 Å². The number of nitrogens with zero attached hydrogens (tertiary/aromatic N) is 1. The number of rotatable bonds is 3. The normalized spacial score (nSPS) is 10.9. The second kappa shape index (κ2) is 5.64. The SMILES string of the molecule is Cc1c(CNC(=O)c2ccc(F)cc2)c2ccccc2n1C. The van der Waals surface area contributed by atoms with Crippen LogP contribution in [0.15, 0.2) is 48.5 Å². The Balaban J connectivity index is 1.84. The Kier molecular flexibility index (Phi) is 3.67. The predicted molar refractivity (Wildman–Crippen MR) is 85.2 cm³/mol. The third-order valence-electron chi connectivity index (χ3n) is 4.06. The Morgan fingerprint density at radius 3 is 2.55 bits per heavy atom. The van der Waals surface area contributed by atoms with Crippen molar-refractivity contribution in [2.75, 3.05) is 0 Å². The molecular formula is C18H17FN2O. The molecule has 0 aliphatic rings. The fourth-order valence-corrected chi connectivity index (χ4v) is 2.69. The van der Waals surface area contributed by atoms with Gasteiger partial charge in [0.15, 0.2) is 0 Å². The van der Waals surface area contributed by atoms with E-state index in [1.807, 2.05) is 26.1 Å². The third-order valence-corrected chi connectivity index (χ3v) is 4.06. The topological polar surface area (TPSA) is 34.0 Å². The van der Waals surface area contributed by atoms with Crippen molar-refractivity contribution in [3.8, 4) is 0 Å². The molecule has 1 heterocycles. The maximum atomic E-state index is 12.9. The summed E-state index contributed by atoms with van der Waals surface area (Å²) < 4.78 is 15.0. The van der Waals surface area contributed by atoms with E-state index in [4.69, 9.17) is 0 Å². The van der Waals surface area contributed by atoms with Crippen LogP contribution in [0.2, 0.25) is 0 Å². The minimum absolute atomic E-state index is 0.202. The minimum Gasteiger partial charge on any atom is -0.348 e. The maximum absolute atomic E-state index is 12.9. The summed E-state index contributed by atoms with van der Waals surface area (Å²) >= 11 is 0. The van der Waals surface area contributed by atoms with Crippen molar-refractivity contribution in [1.82, 2.24) is 9.88 Å². The van der Waals surface area contributed by atoms with Crippen molar-refractivity contribution >= 4 is 16.8 Å². The molecule has 0 atom stereocenters. The molecule has 0 spiro atoms. The van der Waals surface area contributed by atoms with Crippen LogP contribution in [0.5, 0.6) is 0 Å². The lowest BCUT2D eigenvalue weighted by Gasteiger charge is -2.06. The smallest absolute Gasteiger partial charge is 0.251 e. The Morgan fingerprint density at radius 2 is 1.82 bits per heavy atom. The van der Waals surface area contributed by atoms with Gasteiger partial charge < -0.3 is 9.88 Å². The highest BCUT2D eigenvalue weighted by Gasteiger charge is 2.12. The predicted octanol–water partition coefficient (Wildman–Crippen LogP) is 3.56. The first kappa shape index (κ1) is 14.3. The van der Waals surface area contributed by atoms with Crippen LogP contribution in [0, 0.1) is 12.7 Å². The maximum Gasteiger partial charge on any atom is 0.251 e. The lowest BCUT2D eigenvalue weighted by Crippen LogP contribution is -2.23. The highest BCUT2D eigenvalue weighted by molar-refractivity contribution is 5.94. The van der Waals surface area contributed by atoms with Crippen LogP contribution in [-0.4, -0.2) is 10.5 Å². The lowest BCUT2D eigenvalue weighted by molar-refractivity contribution is 0.0951. The molecule has 0 unspecified atom stereocenters. The number of nitrogens with one attached hydrogen (secondary N) is 1. The fraction of sp³-hybridized carbons (Fsp3) is 0.167. The van der Waals surface area contributed by atoms with Gasteiger partial charge in [0.25, 0.3) is 5.91 Å². The monoisotopic (exact) mass is 296 g/mol. The summed E-state index contributed by atoms with van der Waals surface area (Å²) in [7, 11) is 2.02. The summed E-state index contributed by atoms with van der Waals surface area (Å²) in [6, 6.07) is 13.7. The van der Waals surface area contributed by atoms with E-state index >= 15 is 0 Å². The first-order valence-corrected chi connectivity index (χ1v) is 7.14. The van der Waals surface area contributed by atoms with Crippen molar-refractivity contribution < 1.29 is 9.18 Å². The van der Waals surface area contributed by atoms with E-state index in [0.29, 0.717) is 12.1 Å². The van der Waals surface area contributed by atoms with Crippen molar-refractivity contribution in [1.29, 1.82) is 0 Å². The Bertz CT molecular complexity index is 834. The lowest BCUT2D eigenvalue weighted by atomic mass is 10.1. The van der Waals surface area contributed by atoms with E-state index in [1.165, 1.54) is 24.3 Å². The van der Waals surface area contributed by atoms with Gasteiger partial charge >= 0.3 is 0 Å². The number of fused-ring (bicyclic) bond motifs is 1. The molecule has 22 heavy (non-hydrogen) atoms. The summed E-state index contributed by atoms with van der Waals surface area (Å²) in [5, 5.41) is 4.05. The molecule has 2 aromatic carbocycles. The Hall–Kier alpha value is -2.62. The number of amides is 1. The second-order valence-corrected chi connectivity index (χ2v) is 5.33. The van der Waals surface area contributed by atoms with Crippen LogP contribution in [0.4, 0.5) is 4.39 Å². The number of aromatic nitrogens is 1. The molecule has 112 valence electrons. The standard InChI is InChI=1S/C18H17FN2O/c1-12-16(15-5-3-4-6-17(15)21(12)2)11-20-18(22)13-7-9-14(19)10-8-13/h3-10H,11H2,1-2H3,(H,20,22). The molecule has 3 nitrogen and oxygen atoms in total. The van der Waals surface area contributed by atoms with Crippen LogP contribution >= 0.6 is 0 Å². The summed E-state index contributed by atoms with van der Waals surface area (Å²) in [6.45, 7) is 2.49. The molecule has 3 aromatic rings. The van der Waals surface area contributed by atoms with Gasteiger partial charge in [-0.2, -0.15) is 0 Å². The average Bonchev–Trinajstić information content (AvgIpc) is 2.78. The zero-order valence-electron chi connectivity index (χ0n) is 12.6. The van der Waals surface area contributed by atoms with Gasteiger partial charge in [0.1, 0.15) is 5.82 Å². The molecule has 0 aliphatic heterocycles. The van der Waals surface area contributed by atoms with Crippen molar-refractivity contribution in [3.63, 3.8) is 0 Å². The Morgan fingerprint density at radius 1 is 1.14 bits per heavy atom. The number of carbonyl (C=O) groups is 1. The third kappa shape index (κ3) is 2.48. The van der Waals surface area contributed by atoms with Crippen LogP contribution < -0.4 is 5.32 Å². The van der Waals surface area contributed by atoms with E-state index in [2.05, 4.69) is 22.0 Å². The minimum atomic E-state index is -0.346. The van der Waals surface area contributed by atoms with Crippen LogP contribution in [0.25, 0.3) is 10.9 Å². The summed E-state index contributed by atoms with van der Waals surface area (Å²) in [6.07, 6.45) is 0. The number of benzene rings is 2. The first-order valence-electron chi connectivity index (χ1n) is 7.14. The molecular weight excluding hydrogens is 279 g/mol. The molecule has 4 heteroatoms.